The van der Waals surface area contributed by atoms with E-state index in [-0.39, 0.29) is 0 Å². The topological polar surface area (TPSA) is 53.3 Å². The van der Waals surface area contributed by atoms with E-state index >= 15 is 0 Å². The zero-order chi connectivity index (χ0) is 9.84. The predicted octanol–water partition coefficient (Wildman–Crippen LogP) is -0.229. The van der Waals surface area contributed by atoms with Crippen LogP contribution in [0.2, 0.25) is 0 Å². The van der Waals surface area contributed by atoms with Crippen LogP contribution in [-0.4, -0.2) is 31.2 Å². The second-order valence-electron chi connectivity index (χ2n) is 3.21. The molecule has 4 nitrogen and oxygen atoms in total. The molecular weight excluding hydrogens is 164 g/mol. The summed E-state index contributed by atoms with van der Waals surface area (Å²) in [5, 5.41) is 8.07. The number of allylic oxidation sites excluding steroid dienone is 1. The highest BCUT2D eigenvalue weighted by atomic mass is 15.4. The molecule has 0 bridgehead atoms. The third-order valence-electron chi connectivity index (χ3n) is 2.22. The molecule has 0 aliphatic carbocycles. The maximum atomic E-state index is 5.83. The third kappa shape index (κ3) is 2.47. The Labute approximate surface area is 79.4 Å². The first-order chi connectivity index (χ1) is 6.15. The standard InChI is InChI=1S/C9H18N4/c1-7(11-3)6-9-8(2)12-4-5-13(9)10/h6,8,11-12H,1,4-5,10H2,2-3H3/b9-6-. The van der Waals surface area contributed by atoms with E-state index in [0.29, 0.717) is 6.04 Å². The highest BCUT2D eigenvalue weighted by Crippen LogP contribution is 2.10. The third-order valence-corrected chi connectivity index (χ3v) is 2.22. The van der Waals surface area contributed by atoms with Gasteiger partial charge in [0.2, 0.25) is 0 Å². The fourth-order valence-electron chi connectivity index (χ4n) is 1.34. The molecule has 0 aromatic heterocycles. The Balaban J connectivity index is 2.73. The van der Waals surface area contributed by atoms with Gasteiger partial charge in [0.15, 0.2) is 0 Å². The number of rotatable bonds is 2. The zero-order valence-electron chi connectivity index (χ0n) is 8.30. The minimum absolute atomic E-state index is 0.295. The summed E-state index contributed by atoms with van der Waals surface area (Å²) in [6, 6.07) is 0.295. The van der Waals surface area contributed by atoms with Gasteiger partial charge in [-0.1, -0.05) is 6.58 Å². The normalized spacial score (nSPS) is 26.2. The number of piperazine rings is 1. The first kappa shape index (κ1) is 10.1. The number of nitrogens with one attached hydrogen (secondary N) is 2. The maximum Gasteiger partial charge on any atom is 0.0479 e. The molecule has 0 radical (unpaired) electrons. The maximum absolute atomic E-state index is 5.83. The Bertz CT molecular complexity index is 210. The van der Waals surface area contributed by atoms with E-state index in [1.165, 1.54) is 0 Å². The van der Waals surface area contributed by atoms with Crippen LogP contribution in [0.3, 0.4) is 0 Å². The van der Waals surface area contributed by atoms with Crippen LogP contribution in [0.1, 0.15) is 6.92 Å². The summed E-state index contributed by atoms with van der Waals surface area (Å²) in [6.07, 6.45) is 1.97. The SMILES string of the molecule is C=C(/C=C1/C(C)NCCN1N)NC. The Morgan fingerprint density at radius 2 is 2.54 bits per heavy atom. The van der Waals surface area contributed by atoms with E-state index in [9.17, 15) is 0 Å². The van der Waals surface area contributed by atoms with Crippen molar-refractivity contribution in [1.82, 2.24) is 15.6 Å². The van der Waals surface area contributed by atoms with Crippen LogP contribution in [0, 0.1) is 0 Å². The molecule has 1 saturated heterocycles. The fraction of sp³-hybridized carbons (Fsp3) is 0.556. The van der Waals surface area contributed by atoms with Crippen LogP contribution < -0.4 is 16.5 Å². The predicted molar refractivity (Wildman–Crippen MR) is 54.6 cm³/mol. The molecule has 13 heavy (non-hydrogen) atoms. The zero-order valence-corrected chi connectivity index (χ0v) is 8.30. The van der Waals surface area contributed by atoms with E-state index in [2.05, 4.69) is 24.1 Å². The van der Waals surface area contributed by atoms with Crippen LogP contribution in [0.5, 0.6) is 0 Å². The van der Waals surface area contributed by atoms with Crippen molar-refractivity contribution in [3.63, 3.8) is 0 Å². The van der Waals surface area contributed by atoms with Gasteiger partial charge in [-0.3, -0.25) is 0 Å². The lowest BCUT2D eigenvalue weighted by molar-refractivity contribution is 0.278. The van der Waals surface area contributed by atoms with Crippen LogP contribution in [0.15, 0.2) is 24.0 Å². The smallest absolute Gasteiger partial charge is 0.0479 e. The summed E-state index contributed by atoms with van der Waals surface area (Å²) in [7, 11) is 1.85. The van der Waals surface area contributed by atoms with Gasteiger partial charge >= 0.3 is 0 Å². The first-order valence-electron chi connectivity index (χ1n) is 4.49. The van der Waals surface area contributed by atoms with Crippen molar-refractivity contribution in [3.05, 3.63) is 24.0 Å². The molecule has 1 aliphatic heterocycles. The highest BCUT2D eigenvalue weighted by Gasteiger charge is 2.18. The number of hydrazine groups is 1. The van der Waals surface area contributed by atoms with Gasteiger partial charge in [0, 0.05) is 37.6 Å². The molecule has 0 amide bonds. The van der Waals surface area contributed by atoms with Crippen LogP contribution in [0.25, 0.3) is 0 Å². The number of hydrogen-bond acceptors (Lipinski definition) is 4. The highest BCUT2D eigenvalue weighted by molar-refractivity contribution is 5.22. The summed E-state index contributed by atoms with van der Waals surface area (Å²) in [5.74, 6) is 5.83. The minimum Gasteiger partial charge on any atom is -0.389 e. The first-order valence-corrected chi connectivity index (χ1v) is 4.49. The molecular formula is C9H18N4. The summed E-state index contributed by atoms with van der Waals surface area (Å²) in [4.78, 5) is 0. The molecule has 1 fully saturated rings. The molecule has 1 rings (SSSR count). The van der Waals surface area contributed by atoms with Gasteiger partial charge in [0.25, 0.3) is 0 Å². The summed E-state index contributed by atoms with van der Waals surface area (Å²) < 4.78 is 0. The van der Waals surface area contributed by atoms with Crippen molar-refractivity contribution in [2.45, 2.75) is 13.0 Å². The summed E-state index contributed by atoms with van der Waals surface area (Å²) in [6.45, 7) is 7.70. The van der Waals surface area contributed by atoms with E-state index in [1.807, 2.05) is 13.1 Å². The van der Waals surface area contributed by atoms with Crippen molar-refractivity contribution >= 4 is 0 Å². The fourth-order valence-corrected chi connectivity index (χ4v) is 1.34. The van der Waals surface area contributed by atoms with Gasteiger partial charge in [0.1, 0.15) is 0 Å². The van der Waals surface area contributed by atoms with E-state index in [1.54, 1.807) is 5.01 Å². The molecule has 1 aliphatic rings. The number of likely N-dealkylation sites (N-methyl/N-ethyl adjacent to an activating group) is 1. The molecule has 1 heterocycles. The molecule has 0 aromatic rings. The number of nitrogens with zero attached hydrogens (tertiary/aromatic N) is 1. The van der Waals surface area contributed by atoms with Crippen molar-refractivity contribution in [3.8, 4) is 0 Å². The minimum atomic E-state index is 0.295. The van der Waals surface area contributed by atoms with E-state index < -0.39 is 0 Å². The molecule has 0 saturated carbocycles. The van der Waals surface area contributed by atoms with Gasteiger partial charge < -0.3 is 15.6 Å². The molecule has 74 valence electrons. The Morgan fingerprint density at radius 1 is 1.85 bits per heavy atom. The van der Waals surface area contributed by atoms with Gasteiger partial charge in [-0.2, -0.15) is 0 Å². The number of hydrogen-bond donors (Lipinski definition) is 3. The van der Waals surface area contributed by atoms with Crippen molar-refractivity contribution in [2.24, 2.45) is 5.84 Å². The van der Waals surface area contributed by atoms with Crippen LogP contribution >= 0.6 is 0 Å². The molecule has 4 N–H and O–H groups in total. The lowest BCUT2D eigenvalue weighted by Crippen LogP contribution is -2.50. The van der Waals surface area contributed by atoms with Gasteiger partial charge in [0.05, 0.1) is 0 Å². The molecule has 0 aromatic carbocycles. The Kier molecular flexibility index (Phi) is 3.33. The Hall–Kier alpha value is -1.00. The van der Waals surface area contributed by atoms with Crippen molar-refractivity contribution < 1.29 is 0 Å². The summed E-state index contributed by atoms with van der Waals surface area (Å²) >= 11 is 0. The van der Waals surface area contributed by atoms with Crippen molar-refractivity contribution in [1.29, 1.82) is 0 Å². The summed E-state index contributed by atoms with van der Waals surface area (Å²) in [5.41, 5.74) is 1.95. The lowest BCUT2D eigenvalue weighted by Gasteiger charge is -2.33. The second kappa shape index (κ2) is 4.30. The molecule has 0 spiro atoms. The van der Waals surface area contributed by atoms with E-state index in [4.69, 9.17) is 5.84 Å². The van der Waals surface area contributed by atoms with Crippen LogP contribution in [-0.2, 0) is 0 Å². The Morgan fingerprint density at radius 3 is 3.08 bits per heavy atom. The quantitative estimate of drug-likeness (QED) is 0.516. The van der Waals surface area contributed by atoms with E-state index in [0.717, 1.165) is 24.5 Å². The molecule has 1 unspecified atom stereocenters. The van der Waals surface area contributed by atoms with Crippen molar-refractivity contribution in [2.75, 3.05) is 20.1 Å². The second-order valence-corrected chi connectivity index (χ2v) is 3.21. The largest absolute Gasteiger partial charge is 0.389 e. The lowest BCUT2D eigenvalue weighted by atomic mass is 10.1. The van der Waals surface area contributed by atoms with Gasteiger partial charge in [-0.05, 0) is 13.0 Å². The monoisotopic (exact) mass is 182 g/mol. The average Bonchev–Trinajstić information content (AvgIpc) is 2.11. The van der Waals surface area contributed by atoms with Gasteiger partial charge in [-0.25, -0.2) is 5.84 Å². The van der Waals surface area contributed by atoms with Gasteiger partial charge in [-0.15, -0.1) is 0 Å². The average molecular weight is 182 g/mol. The molecule has 4 heteroatoms. The number of nitrogens with two attached hydrogens (primary N) is 1. The van der Waals surface area contributed by atoms with Crippen LogP contribution in [0.4, 0.5) is 0 Å². The molecule has 1 atom stereocenters.